The molecule has 1 aromatic rings. The van der Waals surface area contributed by atoms with E-state index in [1.54, 1.807) is 6.92 Å². The predicted molar refractivity (Wildman–Crippen MR) is 123 cm³/mol. The summed E-state index contributed by atoms with van der Waals surface area (Å²) in [5.74, 6) is -0.354. The van der Waals surface area contributed by atoms with Gasteiger partial charge in [-0.25, -0.2) is 4.79 Å². The summed E-state index contributed by atoms with van der Waals surface area (Å²) < 4.78 is 5.10. The van der Waals surface area contributed by atoms with Crippen LogP contribution >= 0.6 is 0 Å². The second kappa shape index (κ2) is 11.5. The summed E-state index contributed by atoms with van der Waals surface area (Å²) in [6, 6.07) is 0. The lowest BCUT2D eigenvalue weighted by Gasteiger charge is -2.32. The fourth-order valence-corrected chi connectivity index (χ4v) is 4.87. The third-order valence-corrected chi connectivity index (χ3v) is 6.73. The first kappa shape index (κ1) is 24.3. The van der Waals surface area contributed by atoms with Crippen molar-refractivity contribution in [3.63, 3.8) is 0 Å². The highest BCUT2D eigenvalue weighted by molar-refractivity contribution is 5.90. The van der Waals surface area contributed by atoms with Crippen molar-refractivity contribution in [3.05, 3.63) is 22.5 Å². The molecule has 0 unspecified atom stereocenters. The standard InChI is InChI=1S/C24H38N4O4/c1-4-32-24(31)22-17(2)20(18(3)26-22)9-10-21(29)28-14-7-8-19(16-28)23(30)25-11-15-27-12-5-6-13-27/h19,26H,4-16H2,1-3H3,(H,25,30)/t19-/m1/s1. The van der Waals surface area contributed by atoms with Gasteiger partial charge in [-0.15, -0.1) is 0 Å². The second-order valence-electron chi connectivity index (χ2n) is 8.97. The predicted octanol–water partition coefficient (Wildman–Crippen LogP) is 2.19. The zero-order valence-electron chi connectivity index (χ0n) is 19.8. The number of nitrogens with zero attached hydrogens (tertiary/aromatic N) is 2. The monoisotopic (exact) mass is 446 g/mol. The van der Waals surface area contributed by atoms with Gasteiger partial charge in [-0.2, -0.15) is 0 Å². The molecule has 0 radical (unpaired) electrons. The molecule has 0 bridgehead atoms. The van der Waals surface area contributed by atoms with Gasteiger partial charge < -0.3 is 24.8 Å². The number of carbonyl (C=O) groups excluding carboxylic acids is 3. The van der Waals surface area contributed by atoms with Crippen molar-refractivity contribution in [1.82, 2.24) is 20.1 Å². The van der Waals surface area contributed by atoms with Crippen LogP contribution in [0.15, 0.2) is 0 Å². The molecule has 1 atom stereocenters. The van der Waals surface area contributed by atoms with E-state index in [1.807, 2.05) is 18.7 Å². The molecule has 3 heterocycles. The maximum atomic E-state index is 12.9. The van der Waals surface area contributed by atoms with E-state index in [4.69, 9.17) is 4.74 Å². The van der Waals surface area contributed by atoms with Gasteiger partial charge in [0.25, 0.3) is 0 Å². The fourth-order valence-electron chi connectivity index (χ4n) is 4.87. The summed E-state index contributed by atoms with van der Waals surface area (Å²) in [6.45, 7) is 10.9. The van der Waals surface area contributed by atoms with Crippen LogP contribution in [0.1, 0.15) is 66.3 Å². The number of H-pyrrole nitrogens is 1. The van der Waals surface area contributed by atoms with Crippen LogP contribution < -0.4 is 5.32 Å². The lowest BCUT2D eigenvalue weighted by Crippen LogP contribution is -2.46. The number of aromatic nitrogens is 1. The third kappa shape index (κ3) is 6.12. The summed E-state index contributed by atoms with van der Waals surface area (Å²) in [4.78, 5) is 44.9. The first-order valence-electron chi connectivity index (χ1n) is 12.0. The van der Waals surface area contributed by atoms with Gasteiger partial charge in [0.2, 0.25) is 11.8 Å². The number of hydrogen-bond acceptors (Lipinski definition) is 5. The number of aromatic amines is 1. The van der Waals surface area contributed by atoms with Gasteiger partial charge in [0.1, 0.15) is 5.69 Å². The molecule has 0 aliphatic carbocycles. The van der Waals surface area contributed by atoms with Gasteiger partial charge in [0, 0.05) is 38.3 Å². The summed E-state index contributed by atoms with van der Waals surface area (Å²) in [6.07, 6.45) is 5.11. The highest BCUT2D eigenvalue weighted by Gasteiger charge is 2.28. The fraction of sp³-hybridized carbons (Fsp3) is 0.708. The van der Waals surface area contributed by atoms with Crippen LogP contribution in [0, 0.1) is 19.8 Å². The molecular weight excluding hydrogens is 408 g/mol. The highest BCUT2D eigenvalue weighted by atomic mass is 16.5. The van der Waals surface area contributed by atoms with E-state index in [-0.39, 0.29) is 23.7 Å². The Morgan fingerprint density at radius 2 is 1.88 bits per heavy atom. The molecule has 8 heteroatoms. The van der Waals surface area contributed by atoms with Crippen LogP contribution in [0.25, 0.3) is 0 Å². The summed E-state index contributed by atoms with van der Waals surface area (Å²) in [5, 5.41) is 3.07. The van der Waals surface area contributed by atoms with E-state index < -0.39 is 0 Å². The van der Waals surface area contributed by atoms with Crippen molar-refractivity contribution in [2.75, 3.05) is 45.9 Å². The molecule has 2 aliphatic heterocycles. The minimum Gasteiger partial charge on any atom is -0.461 e. The van der Waals surface area contributed by atoms with Crippen LogP contribution in [0.3, 0.4) is 0 Å². The van der Waals surface area contributed by atoms with Crippen LogP contribution in [0.5, 0.6) is 0 Å². The number of aryl methyl sites for hydroxylation is 1. The first-order chi connectivity index (χ1) is 15.4. The van der Waals surface area contributed by atoms with Crippen molar-refractivity contribution < 1.29 is 19.1 Å². The van der Waals surface area contributed by atoms with Gasteiger partial charge in [-0.3, -0.25) is 9.59 Å². The molecule has 1 aromatic heterocycles. The number of rotatable bonds is 9. The first-order valence-corrected chi connectivity index (χ1v) is 12.0. The minimum atomic E-state index is -0.361. The molecule has 2 N–H and O–H groups in total. The number of carbonyl (C=O) groups is 3. The minimum absolute atomic E-state index is 0.0669. The zero-order valence-corrected chi connectivity index (χ0v) is 19.8. The SMILES string of the molecule is CCOC(=O)c1[nH]c(C)c(CCC(=O)N2CCC[C@@H](C(=O)NCCN3CCCC3)C2)c1C. The molecule has 0 saturated carbocycles. The molecule has 32 heavy (non-hydrogen) atoms. The van der Waals surface area contributed by atoms with Gasteiger partial charge >= 0.3 is 5.97 Å². The number of amides is 2. The summed E-state index contributed by atoms with van der Waals surface area (Å²) in [7, 11) is 0. The van der Waals surface area contributed by atoms with Gasteiger partial charge in [0.05, 0.1) is 12.5 Å². The van der Waals surface area contributed by atoms with Gasteiger partial charge in [0.15, 0.2) is 0 Å². The van der Waals surface area contributed by atoms with Crippen molar-refractivity contribution in [2.24, 2.45) is 5.92 Å². The molecular formula is C24H38N4O4. The largest absolute Gasteiger partial charge is 0.461 e. The number of hydrogen-bond donors (Lipinski definition) is 2. The van der Waals surface area contributed by atoms with Crippen molar-refractivity contribution >= 4 is 17.8 Å². The smallest absolute Gasteiger partial charge is 0.355 e. The van der Waals surface area contributed by atoms with E-state index >= 15 is 0 Å². The Kier molecular flexibility index (Phi) is 8.73. The molecule has 0 spiro atoms. The van der Waals surface area contributed by atoms with Gasteiger partial charge in [-0.1, -0.05) is 0 Å². The molecule has 2 aliphatic rings. The van der Waals surface area contributed by atoms with Crippen molar-refractivity contribution in [3.8, 4) is 0 Å². The van der Waals surface area contributed by atoms with Crippen molar-refractivity contribution in [2.45, 2.75) is 59.3 Å². The maximum absolute atomic E-state index is 12.9. The number of esters is 1. The van der Waals surface area contributed by atoms with Crippen LogP contribution in [-0.2, 0) is 20.7 Å². The lowest BCUT2D eigenvalue weighted by molar-refractivity contribution is -0.135. The molecule has 178 valence electrons. The van der Waals surface area contributed by atoms with Gasteiger partial charge in [-0.05, 0) is 77.1 Å². The van der Waals surface area contributed by atoms with Crippen LogP contribution in [0.2, 0.25) is 0 Å². The van der Waals surface area contributed by atoms with Crippen LogP contribution in [-0.4, -0.2) is 78.4 Å². The van der Waals surface area contributed by atoms with E-state index in [0.29, 0.717) is 44.8 Å². The van der Waals surface area contributed by atoms with E-state index in [0.717, 1.165) is 49.3 Å². The second-order valence-corrected chi connectivity index (χ2v) is 8.97. The average molecular weight is 447 g/mol. The Bertz CT molecular complexity index is 813. The number of ether oxygens (including phenoxy) is 1. The average Bonchev–Trinajstić information content (AvgIpc) is 3.40. The Hall–Kier alpha value is -2.35. The third-order valence-electron chi connectivity index (χ3n) is 6.73. The molecule has 8 nitrogen and oxygen atoms in total. The number of likely N-dealkylation sites (tertiary alicyclic amines) is 2. The summed E-state index contributed by atoms with van der Waals surface area (Å²) in [5.41, 5.74) is 3.21. The molecule has 3 rings (SSSR count). The molecule has 2 fully saturated rings. The number of nitrogens with one attached hydrogen (secondary N) is 2. The molecule has 2 saturated heterocycles. The Labute approximate surface area is 191 Å². The summed E-state index contributed by atoms with van der Waals surface area (Å²) >= 11 is 0. The number of piperidine rings is 1. The van der Waals surface area contributed by atoms with E-state index in [1.165, 1.54) is 12.8 Å². The Morgan fingerprint density at radius 1 is 1.12 bits per heavy atom. The quantitative estimate of drug-likeness (QED) is 0.567. The Morgan fingerprint density at radius 3 is 2.59 bits per heavy atom. The maximum Gasteiger partial charge on any atom is 0.355 e. The van der Waals surface area contributed by atoms with Crippen LogP contribution in [0.4, 0.5) is 0 Å². The van der Waals surface area contributed by atoms with Crippen molar-refractivity contribution in [1.29, 1.82) is 0 Å². The normalized spacial score (nSPS) is 19.2. The van der Waals surface area contributed by atoms with E-state index in [2.05, 4.69) is 15.2 Å². The topological polar surface area (TPSA) is 94.7 Å². The van der Waals surface area contributed by atoms with E-state index in [9.17, 15) is 14.4 Å². The zero-order chi connectivity index (χ0) is 23.1. The molecule has 2 amide bonds. The molecule has 0 aromatic carbocycles. The highest BCUT2D eigenvalue weighted by Crippen LogP contribution is 2.22. The Balaban J connectivity index is 1.48. The lowest BCUT2D eigenvalue weighted by atomic mass is 9.96.